The number of aromatic hydroxyl groups is 2. The van der Waals surface area contributed by atoms with Crippen LogP contribution < -0.4 is 0 Å². The number of carbonyl (C=O) groups is 1. The molecule has 0 aliphatic rings. The number of fused-ring (bicyclic) bond motifs is 1. The Balaban J connectivity index is 2.39. The number of phenolic OH excluding ortho intramolecular Hbond substituents is 2. The first-order valence-electron chi connectivity index (χ1n) is 6.23. The van der Waals surface area contributed by atoms with Gasteiger partial charge in [-0.3, -0.25) is 5.10 Å². The number of aromatic nitrogens is 2. The summed E-state index contributed by atoms with van der Waals surface area (Å²) in [6.45, 7) is 0.612. The Morgan fingerprint density at radius 1 is 1.43 bits per heavy atom. The third kappa shape index (κ3) is 3.06. The van der Waals surface area contributed by atoms with E-state index in [0.29, 0.717) is 17.3 Å². The number of phenols is 2. The Morgan fingerprint density at radius 3 is 2.86 bits per heavy atom. The van der Waals surface area contributed by atoms with E-state index < -0.39 is 5.97 Å². The van der Waals surface area contributed by atoms with Gasteiger partial charge in [0.2, 0.25) is 0 Å². The molecule has 0 unspecified atom stereocenters. The molecular weight excluding hydrogens is 296 g/mol. The molecule has 0 atom stereocenters. The zero-order valence-corrected chi connectivity index (χ0v) is 12.5. The zero-order valence-electron chi connectivity index (χ0n) is 11.7. The average Bonchev–Trinajstić information content (AvgIpc) is 2.93. The van der Waals surface area contributed by atoms with Gasteiger partial charge in [0.25, 0.3) is 0 Å². The number of aromatic amines is 1. The molecule has 0 fully saturated rings. The Bertz CT molecular complexity index is 656. The summed E-state index contributed by atoms with van der Waals surface area (Å²) in [7, 11) is 2.85. The number of methoxy groups -OCH3 is 2. The van der Waals surface area contributed by atoms with Crippen LogP contribution in [0.5, 0.6) is 11.5 Å². The molecule has 0 saturated heterocycles. The fraction of sp³-hybridized carbons (Fsp3) is 0.385. The number of hydrogen-bond acceptors (Lipinski definition) is 7. The van der Waals surface area contributed by atoms with E-state index in [1.807, 2.05) is 0 Å². The standard InChI is InChI=1S/C13H16N2O5S/c1-19-4-3-5-21-8-6-7(16)10-9(12(8)17)11(15-14-10)13(18)20-2/h6,16-17H,3-5H2,1-2H3,(H,14,15). The first kappa shape index (κ1) is 15.5. The molecule has 1 aromatic carbocycles. The highest BCUT2D eigenvalue weighted by Gasteiger charge is 2.22. The molecule has 0 aliphatic heterocycles. The van der Waals surface area contributed by atoms with Crippen LogP contribution in [0.1, 0.15) is 16.9 Å². The molecule has 0 bridgehead atoms. The van der Waals surface area contributed by atoms with Crippen LogP contribution in [0, 0.1) is 0 Å². The van der Waals surface area contributed by atoms with Crippen molar-refractivity contribution in [3.8, 4) is 11.5 Å². The predicted molar refractivity (Wildman–Crippen MR) is 78.0 cm³/mol. The summed E-state index contributed by atoms with van der Waals surface area (Å²) in [5, 5.41) is 26.7. The highest BCUT2D eigenvalue weighted by Crippen LogP contribution is 2.41. The van der Waals surface area contributed by atoms with E-state index >= 15 is 0 Å². The van der Waals surface area contributed by atoms with Crippen LogP contribution in [-0.4, -0.2) is 53.0 Å². The van der Waals surface area contributed by atoms with Gasteiger partial charge in [0.05, 0.1) is 17.4 Å². The summed E-state index contributed by atoms with van der Waals surface area (Å²) >= 11 is 1.36. The number of nitrogens with zero attached hydrogens (tertiary/aromatic N) is 1. The lowest BCUT2D eigenvalue weighted by Gasteiger charge is -2.07. The zero-order chi connectivity index (χ0) is 15.4. The number of hydrogen-bond donors (Lipinski definition) is 3. The largest absolute Gasteiger partial charge is 0.506 e. The topological polar surface area (TPSA) is 105 Å². The first-order chi connectivity index (χ1) is 10.1. The summed E-state index contributed by atoms with van der Waals surface area (Å²) in [4.78, 5) is 12.1. The predicted octanol–water partition coefficient (Wildman–Crippen LogP) is 1.89. The van der Waals surface area contributed by atoms with Gasteiger partial charge in [0.15, 0.2) is 5.69 Å². The van der Waals surface area contributed by atoms with Gasteiger partial charge in [-0.25, -0.2) is 4.79 Å². The summed E-state index contributed by atoms with van der Waals surface area (Å²) < 4.78 is 9.58. The van der Waals surface area contributed by atoms with E-state index in [-0.39, 0.29) is 28.1 Å². The number of thioether (sulfide) groups is 1. The lowest BCUT2D eigenvalue weighted by Crippen LogP contribution is -2.02. The van der Waals surface area contributed by atoms with E-state index in [0.717, 1.165) is 6.42 Å². The van der Waals surface area contributed by atoms with Crippen molar-refractivity contribution in [2.75, 3.05) is 26.6 Å². The Labute approximate surface area is 125 Å². The van der Waals surface area contributed by atoms with Crippen molar-refractivity contribution in [3.05, 3.63) is 11.8 Å². The average molecular weight is 312 g/mol. The molecule has 0 radical (unpaired) electrons. The second-order valence-electron chi connectivity index (χ2n) is 4.25. The molecule has 0 saturated carbocycles. The molecule has 2 rings (SSSR count). The van der Waals surface area contributed by atoms with Gasteiger partial charge >= 0.3 is 5.97 Å². The van der Waals surface area contributed by atoms with E-state index in [9.17, 15) is 15.0 Å². The number of esters is 1. The third-order valence-electron chi connectivity index (χ3n) is 2.89. The number of benzene rings is 1. The van der Waals surface area contributed by atoms with Crippen molar-refractivity contribution in [3.63, 3.8) is 0 Å². The maximum absolute atomic E-state index is 11.7. The maximum Gasteiger partial charge on any atom is 0.356 e. The van der Waals surface area contributed by atoms with Gasteiger partial charge < -0.3 is 19.7 Å². The molecule has 1 heterocycles. The maximum atomic E-state index is 11.7. The molecule has 7 nitrogen and oxygen atoms in total. The minimum atomic E-state index is -0.659. The monoisotopic (exact) mass is 312 g/mol. The normalized spacial score (nSPS) is 11.0. The summed E-state index contributed by atoms with van der Waals surface area (Å²) in [5.74, 6) is -0.158. The van der Waals surface area contributed by atoms with Crippen molar-refractivity contribution < 1.29 is 24.5 Å². The Hall–Kier alpha value is -1.93. The van der Waals surface area contributed by atoms with Gasteiger partial charge in [-0.05, 0) is 12.5 Å². The van der Waals surface area contributed by atoms with Gasteiger partial charge in [-0.2, -0.15) is 5.10 Å². The highest BCUT2D eigenvalue weighted by molar-refractivity contribution is 7.99. The lowest BCUT2D eigenvalue weighted by molar-refractivity contribution is 0.0596. The molecule has 0 aliphatic carbocycles. The molecule has 0 amide bonds. The quantitative estimate of drug-likeness (QED) is 0.324. The van der Waals surface area contributed by atoms with Crippen molar-refractivity contribution in [2.45, 2.75) is 11.3 Å². The van der Waals surface area contributed by atoms with Gasteiger partial charge in [-0.1, -0.05) is 0 Å². The third-order valence-corrected chi connectivity index (χ3v) is 4.00. The molecule has 21 heavy (non-hydrogen) atoms. The summed E-state index contributed by atoms with van der Waals surface area (Å²) in [6.07, 6.45) is 0.800. The Kier molecular flexibility index (Phi) is 4.92. The smallest absolute Gasteiger partial charge is 0.356 e. The van der Waals surface area contributed by atoms with Crippen molar-refractivity contribution in [1.29, 1.82) is 0 Å². The minimum Gasteiger partial charge on any atom is -0.506 e. The van der Waals surface area contributed by atoms with Crippen molar-refractivity contribution in [1.82, 2.24) is 10.2 Å². The van der Waals surface area contributed by atoms with Gasteiger partial charge in [0.1, 0.15) is 17.0 Å². The number of H-pyrrole nitrogens is 1. The fourth-order valence-corrected chi connectivity index (χ4v) is 2.80. The summed E-state index contributed by atoms with van der Waals surface area (Å²) in [6, 6.07) is 1.43. The van der Waals surface area contributed by atoms with Gasteiger partial charge in [0, 0.05) is 19.5 Å². The van der Waals surface area contributed by atoms with E-state index in [2.05, 4.69) is 14.9 Å². The van der Waals surface area contributed by atoms with E-state index in [1.54, 1.807) is 7.11 Å². The van der Waals surface area contributed by atoms with E-state index in [1.165, 1.54) is 24.9 Å². The van der Waals surface area contributed by atoms with Crippen LogP contribution in [0.25, 0.3) is 10.9 Å². The molecular formula is C13H16N2O5S. The van der Waals surface area contributed by atoms with Crippen LogP contribution >= 0.6 is 11.8 Å². The number of carbonyl (C=O) groups excluding carboxylic acids is 1. The molecule has 2 aromatic rings. The SMILES string of the molecule is COCCCSc1cc(O)c2n[nH]c(C(=O)OC)c2c1O. The van der Waals surface area contributed by atoms with Crippen LogP contribution in [0.4, 0.5) is 0 Å². The molecule has 1 aromatic heterocycles. The van der Waals surface area contributed by atoms with Crippen molar-refractivity contribution in [2.24, 2.45) is 0 Å². The molecule has 3 N–H and O–H groups in total. The second-order valence-corrected chi connectivity index (χ2v) is 5.39. The van der Waals surface area contributed by atoms with Crippen LogP contribution in [0.3, 0.4) is 0 Å². The van der Waals surface area contributed by atoms with Gasteiger partial charge in [-0.15, -0.1) is 11.8 Å². The van der Waals surface area contributed by atoms with Crippen molar-refractivity contribution >= 4 is 28.6 Å². The number of nitrogens with one attached hydrogen (secondary N) is 1. The first-order valence-corrected chi connectivity index (χ1v) is 7.21. The van der Waals surface area contributed by atoms with Crippen LogP contribution in [0.15, 0.2) is 11.0 Å². The summed E-state index contributed by atoms with van der Waals surface area (Å²) in [5.41, 5.74) is 0.147. The number of rotatable bonds is 6. The second kappa shape index (κ2) is 6.68. The molecule has 114 valence electrons. The number of ether oxygens (including phenoxy) is 2. The highest BCUT2D eigenvalue weighted by atomic mass is 32.2. The van der Waals surface area contributed by atoms with Crippen LogP contribution in [0.2, 0.25) is 0 Å². The van der Waals surface area contributed by atoms with E-state index in [4.69, 9.17) is 4.74 Å². The molecule has 0 spiro atoms. The lowest BCUT2D eigenvalue weighted by atomic mass is 10.1. The van der Waals surface area contributed by atoms with Crippen LogP contribution in [-0.2, 0) is 9.47 Å². The molecule has 8 heteroatoms. The Morgan fingerprint density at radius 2 is 2.19 bits per heavy atom. The minimum absolute atomic E-state index is 0.0136. The fourth-order valence-electron chi connectivity index (χ4n) is 1.89.